The van der Waals surface area contributed by atoms with Gasteiger partial charge in [0.15, 0.2) is 0 Å². The van der Waals surface area contributed by atoms with Crippen LogP contribution in [0.15, 0.2) is 12.3 Å². The molecule has 1 rings (SSSR count). The first-order chi connectivity index (χ1) is 8.15. The SMILES string of the molecule is CCOC(CC)C(NN)c1c(C)ccnc1N. The van der Waals surface area contributed by atoms with E-state index in [9.17, 15) is 0 Å². The zero-order valence-electron chi connectivity index (χ0n) is 10.7. The Morgan fingerprint density at radius 3 is 2.65 bits per heavy atom. The topological polar surface area (TPSA) is 86.2 Å². The third-order valence-corrected chi connectivity index (χ3v) is 2.88. The highest BCUT2D eigenvalue weighted by atomic mass is 16.5. The molecule has 96 valence electrons. The molecule has 5 N–H and O–H groups in total. The summed E-state index contributed by atoms with van der Waals surface area (Å²) in [6.45, 7) is 6.68. The molecule has 0 amide bonds. The van der Waals surface area contributed by atoms with Crippen LogP contribution in [0.1, 0.15) is 37.4 Å². The molecule has 1 aromatic rings. The number of hydrazine groups is 1. The van der Waals surface area contributed by atoms with Gasteiger partial charge in [-0.3, -0.25) is 11.3 Å². The fourth-order valence-corrected chi connectivity index (χ4v) is 2.04. The van der Waals surface area contributed by atoms with Crippen LogP contribution in [0.5, 0.6) is 0 Å². The van der Waals surface area contributed by atoms with Crippen LogP contribution in [0.2, 0.25) is 0 Å². The van der Waals surface area contributed by atoms with Gasteiger partial charge in [0.05, 0.1) is 12.1 Å². The van der Waals surface area contributed by atoms with Crippen molar-refractivity contribution in [3.8, 4) is 0 Å². The van der Waals surface area contributed by atoms with Crippen LogP contribution in [0.4, 0.5) is 5.82 Å². The lowest BCUT2D eigenvalue weighted by molar-refractivity contribution is 0.0313. The third-order valence-electron chi connectivity index (χ3n) is 2.88. The second-order valence-corrected chi connectivity index (χ2v) is 3.97. The molecule has 0 saturated heterocycles. The van der Waals surface area contributed by atoms with E-state index in [4.69, 9.17) is 16.3 Å². The standard InChI is InChI=1S/C12H22N4O/c1-4-9(17-5-2)11(16-14)10-8(3)6-7-15-12(10)13/h6-7,9,11,16H,4-5,14H2,1-3H3,(H2,13,15). The van der Waals surface area contributed by atoms with Crippen molar-refractivity contribution < 1.29 is 4.74 Å². The molecule has 1 heterocycles. The number of rotatable bonds is 6. The minimum Gasteiger partial charge on any atom is -0.383 e. The Kier molecular flexibility index (Phi) is 5.34. The van der Waals surface area contributed by atoms with Gasteiger partial charge in [-0.15, -0.1) is 0 Å². The second kappa shape index (κ2) is 6.54. The first-order valence-corrected chi connectivity index (χ1v) is 5.94. The number of anilines is 1. The minimum absolute atomic E-state index is 0.00444. The molecule has 0 fully saturated rings. The van der Waals surface area contributed by atoms with Gasteiger partial charge in [0.25, 0.3) is 0 Å². The summed E-state index contributed by atoms with van der Waals surface area (Å²) < 4.78 is 5.68. The first kappa shape index (κ1) is 13.9. The van der Waals surface area contributed by atoms with Crippen molar-refractivity contribution in [1.29, 1.82) is 0 Å². The smallest absolute Gasteiger partial charge is 0.128 e. The van der Waals surface area contributed by atoms with Crippen molar-refractivity contribution in [2.24, 2.45) is 5.84 Å². The van der Waals surface area contributed by atoms with Crippen molar-refractivity contribution in [1.82, 2.24) is 10.4 Å². The predicted octanol–water partition coefficient (Wildman–Crippen LogP) is 1.29. The highest BCUT2D eigenvalue weighted by Crippen LogP contribution is 2.27. The first-order valence-electron chi connectivity index (χ1n) is 5.94. The monoisotopic (exact) mass is 238 g/mol. The van der Waals surface area contributed by atoms with Gasteiger partial charge in [-0.05, 0) is 31.9 Å². The Morgan fingerprint density at radius 1 is 1.47 bits per heavy atom. The number of nitrogens with one attached hydrogen (secondary N) is 1. The quantitative estimate of drug-likeness (QED) is 0.513. The number of nitrogens with two attached hydrogens (primary N) is 2. The molecule has 0 aromatic carbocycles. The van der Waals surface area contributed by atoms with E-state index in [1.54, 1.807) is 6.20 Å². The summed E-state index contributed by atoms with van der Waals surface area (Å²) in [5.74, 6) is 6.14. The van der Waals surface area contributed by atoms with Crippen LogP contribution in [0.25, 0.3) is 0 Å². The van der Waals surface area contributed by atoms with Gasteiger partial charge in [-0.25, -0.2) is 4.98 Å². The van der Waals surface area contributed by atoms with Gasteiger partial charge in [0.1, 0.15) is 5.82 Å². The number of ether oxygens (including phenoxy) is 1. The number of hydrogen-bond donors (Lipinski definition) is 3. The maximum Gasteiger partial charge on any atom is 0.128 e. The normalized spacial score (nSPS) is 14.6. The van der Waals surface area contributed by atoms with Gasteiger partial charge in [0.2, 0.25) is 0 Å². The van der Waals surface area contributed by atoms with E-state index in [1.807, 2.05) is 19.9 Å². The molecule has 5 heteroatoms. The fraction of sp³-hybridized carbons (Fsp3) is 0.583. The molecule has 17 heavy (non-hydrogen) atoms. The highest BCUT2D eigenvalue weighted by Gasteiger charge is 2.24. The number of aromatic nitrogens is 1. The van der Waals surface area contributed by atoms with E-state index in [1.165, 1.54) is 0 Å². The number of aryl methyl sites for hydroxylation is 1. The van der Waals surface area contributed by atoms with Crippen molar-refractivity contribution >= 4 is 5.82 Å². The maximum absolute atomic E-state index is 5.92. The maximum atomic E-state index is 5.92. The molecule has 1 aromatic heterocycles. The molecular formula is C12H22N4O. The Bertz CT molecular complexity index is 336. The summed E-state index contributed by atoms with van der Waals surface area (Å²) in [6, 6.07) is 1.79. The van der Waals surface area contributed by atoms with Crippen molar-refractivity contribution in [2.75, 3.05) is 12.3 Å². The highest BCUT2D eigenvalue weighted by molar-refractivity contribution is 5.46. The fourth-order valence-electron chi connectivity index (χ4n) is 2.04. The molecule has 0 aliphatic carbocycles. The molecule has 2 unspecified atom stereocenters. The lowest BCUT2D eigenvalue weighted by Gasteiger charge is -2.27. The van der Waals surface area contributed by atoms with Gasteiger partial charge >= 0.3 is 0 Å². The average molecular weight is 238 g/mol. The van der Waals surface area contributed by atoms with Crippen LogP contribution >= 0.6 is 0 Å². The Balaban J connectivity index is 3.07. The van der Waals surface area contributed by atoms with E-state index < -0.39 is 0 Å². The summed E-state index contributed by atoms with van der Waals surface area (Å²) in [5, 5.41) is 0. The van der Waals surface area contributed by atoms with Gasteiger partial charge in [-0.1, -0.05) is 6.92 Å². The van der Waals surface area contributed by atoms with E-state index >= 15 is 0 Å². The Labute approximate surface area is 103 Å². The van der Waals surface area contributed by atoms with Crippen LogP contribution in [0.3, 0.4) is 0 Å². The van der Waals surface area contributed by atoms with Crippen molar-refractivity contribution in [2.45, 2.75) is 39.3 Å². The molecular weight excluding hydrogens is 216 g/mol. The number of nitrogens with zero attached hydrogens (tertiary/aromatic N) is 1. The number of hydrogen-bond acceptors (Lipinski definition) is 5. The van der Waals surface area contributed by atoms with Crippen LogP contribution in [-0.4, -0.2) is 17.7 Å². The van der Waals surface area contributed by atoms with Gasteiger partial charge < -0.3 is 10.5 Å². The molecule has 0 saturated carbocycles. The van der Waals surface area contributed by atoms with Crippen LogP contribution in [-0.2, 0) is 4.74 Å². The number of nitrogen functional groups attached to an aromatic ring is 1. The van der Waals surface area contributed by atoms with Crippen molar-refractivity contribution in [3.05, 3.63) is 23.4 Å². The molecule has 2 atom stereocenters. The van der Waals surface area contributed by atoms with Gasteiger partial charge in [0, 0.05) is 18.4 Å². The molecule has 0 radical (unpaired) electrons. The number of pyridine rings is 1. The summed E-state index contributed by atoms with van der Waals surface area (Å²) in [6.07, 6.45) is 2.55. The second-order valence-electron chi connectivity index (χ2n) is 3.97. The predicted molar refractivity (Wildman–Crippen MR) is 69.2 cm³/mol. The van der Waals surface area contributed by atoms with Crippen LogP contribution < -0.4 is 17.0 Å². The zero-order valence-corrected chi connectivity index (χ0v) is 10.7. The van der Waals surface area contributed by atoms with E-state index in [2.05, 4.69) is 17.3 Å². The van der Waals surface area contributed by atoms with Crippen molar-refractivity contribution in [3.63, 3.8) is 0 Å². The Morgan fingerprint density at radius 2 is 2.18 bits per heavy atom. The van der Waals surface area contributed by atoms with E-state index in [0.29, 0.717) is 12.4 Å². The lowest BCUT2D eigenvalue weighted by atomic mass is 9.97. The van der Waals surface area contributed by atoms with E-state index in [-0.39, 0.29) is 12.1 Å². The summed E-state index contributed by atoms with van der Waals surface area (Å²) in [4.78, 5) is 4.11. The third kappa shape index (κ3) is 3.15. The molecule has 5 nitrogen and oxygen atoms in total. The van der Waals surface area contributed by atoms with Gasteiger partial charge in [-0.2, -0.15) is 0 Å². The molecule has 0 aliphatic rings. The largest absolute Gasteiger partial charge is 0.383 e. The molecule has 0 aliphatic heterocycles. The minimum atomic E-state index is -0.131. The molecule has 0 spiro atoms. The Hall–Kier alpha value is -1.17. The lowest BCUT2D eigenvalue weighted by Crippen LogP contribution is -2.38. The van der Waals surface area contributed by atoms with Crippen LogP contribution in [0, 0.1) is 6.92 Å². The zero-order chi connectivity index (χ0) is 12.8. The average Bonchev–Trinajstić information content (AvgIpc) is 2.32. The summed E-state index contributed by atoms with van der Waals surface area (Å²) in [7, 11) is 0. The van der Waals surface area contributed by atoms with E-state index in [0.717, 1.165) is 17.5 Å². The molecule has 0 bridgehead atoms. The summed E-state index contributed by atoms with van der Waals surface area (Å²) >= 11 is 0. The summed E-state index contributed by atoms with van der Waals surface area (Å²) in [5.41, 5.74) is 10.7.